The third kappa shape index (κ3) is 1.71. The summed E-state index contributed by atoms with van der Waals surface area (Å²) < 4.78 is 0. The monoisotopic (exact) mass is 156 g/mol. The van der Waals surface area contributed by atoms with Crippen LogP contribution in [0.3, 0.4) is 0 Å². The van der Waals surface area contributed by atoms with E-state index in [1.807, 2.05) is 7.05 Å². The number of nitrogens with one attached hydrogen (secondary N) is 1. The van der Waals surface area contributed by atoms with Crippen LogP contribution in [0, 0.1) is 0 Å². The number of likely N-dealkylation sites (N-methyl/N-ethyl adjacent to an activating group) is 1. The Morgan fingerprint density at radius 3 is 2.64 bits per heavy atom. The molecular weight excluding hydrogens is 140 g/mol. The zero-order valence-electron chi connectivity index (χ0n) is 7.42. The zero-order chi connectivity index (χ0) is 8.43. The average molecular weight is 156 g/mol. The average Bonchev–Trinajstić information content (AvgIpc) is 2.33. The maximum atomic E-state index is 11.2. The predicted molar refractivity (Wildman–Crippen MR) is 44.3 cm³/mol. The van der Waals surface area contributed by atoms with Gasteiger partial charge in [-0.15, -0.1) is 0 Å². The Balaban J connectivity index is 2.52. The molecule has 0 radical (unpaired) electrons. The van der Waals surface area contributed by atoms with Crippen LogP contribution in [-0.2, 0) is 4.79 Å². The molecule has 64 valence electrons. The highest BCUT2D eigenvalue weighted by Gasteiger charge is 2.28. The van der Waals surface area contributed by atoms with Gasteiger partial charge in [0.1, 0.15) is 0 Å². The number of rotatable bonds is 2. The Kier molecular flexibility index (Phi) is 2.49. The van der Waals surface area contributed by atoms with Crippen LogP contribution in [0.5, 0.6) is 0 Å². The van der Waals surface area contributed by atoms with Crippen molar-refractivity contribution in [1.29, 1.82) is 0 Å². The van der Waals surface area contributed by atoms with E-state index in [4.69, 9.17) is 0 Å². The van der Waals surface area contributed by atoms with Gasteiger partial charge in [0.15, 0.2) is 0 Å². The van der Waals surface area contributed by atoms with Crippen molar-refractivity contribution in [3.8, 4) is 0 Å². The van der Waals surface area contributed by atoms with E-state index in [-0.39, 0.29) is 11.9 Å². The maximum absolute atomic E-state index is 11.2. The molecule has 1 atom stereocenters. The third-order valence-corrected chi connectivity index (χ3v) is 2.33. The van der Waals surface area contributed by atoms with Gasteiger partial charge in [0, 0.05) is 12.6 Å². The third-order valence-electron chi connectivity index (χ3n) is 2.33. The fraction of sp³-hybridized carbons (Fsp3) is 0.875. The van der Waals surface area contributed by atoms with Crippen LogP contribution in [0.25, 0.3) is 0 Å². The first-order valence-corrected chi connectivity index (χ1v) is 4.12. The second-order valence-corrected chi connectivity index (χ2v) is 3.35. The summed E-state index contributed by atoms with van der Waals surface area (Å²) in [5.41, 5.74) is 0. The van der Waals surface area contributed by atoms with Crippen molar-refractivity contribution in [2.24, 2.45) is 0 Å². The fourth-order valence-electron chi connectivity index (χ4n) is 1.33. The van der Waals surface area contributed by atoms with Crippen molar-refractivity contribution in [1.82, 2.24) is 10.2 Å². The highest BCUT2D eigenvalue weighted by molar-refractivity contribution is 5.83. The summed E-state index contributed by atoms with van der Waals surface area (Å²) in [4.78, 5) is 13.3. The molecule has 1 aliphatic heterocycles. The lowest BCUT2D eigenvalue weighted by Gasteiger charge is -2.25. The lowest BCUT2D eigenvalue weighted by atomic mass is 10.2. The van der Waals surface area contributed by atoms with Gasteiger partial charge in [0.25, 0.3) is 0 Å². The summed E-state index contributed by atoms with van der Waals surface area (Å²) in [6, 6.07) is 0.554. The van der Waals surface area contributed by atoms with Crippen molar-refractivity contribution in [2.75, 3.05) is 13.6 Å². The summed E-state index contributed by atoms with van der Waals surface area (Å²) in [5.74, 6) is 0.182. The van der Waals surface area contributed by atoms with Gasteiger partial charge >= 0.3 is 0 Å². The largest absolute Gasteiger partial charge is 0.355 e. The molecule has 0 spiro atoms. The molecule has 3 nitrogen and oxygen atoms in total. The van der Waals surface area contributed by atoms with Crippen molar-refractivity contribution >= 4 is 5.91 Å². The molecule has 0 bridgehead atoms. The molecule has 0 aromatic rings. The molecule has 0 aromatic heterocycles. The Bertz CT molecular complexity index is 156. The molecule has 1 fully saturated rings. The first kappa shape index (κ1) is 8.53. The highest BCUT2D eigenvalue weighted by Crippen LogP contribution is 2.10. The van der Waals surface area contributed by atoms with Gasteiger partial charge in [-0.1, -0.05) is 0 Å². The van der Waals surface area contributed by atoms with Gasteiger partial charge in [-0.3, -0.25) is 9.69 Å². The van der Waals surface area contributed by atoms with E-state index in [1.54, 1.807) is 0 Å². The molecule has 0 saturated carbocycles. The molecule has 1 heterocycles. The quantitative estimate of drug-likeness (QED) is 0.620. The molecule has 0 aromatic carbocycles. The normalized spacial score (nSPS) is 24.8. The Hall–Kier alpha value is -0.570. The Morgan fingerprint density at radius 2 is 2.27 bits per heavy atom. The molecule has 1 rings (SSSR count). The van der Waals surface area contributed by atoms with E-state index < -0.39 is 0 Å². The van der Waals surface area contributed by atoms with Crippen LogP contribution in [0.2, 0.25) is 0 Å². The number of amides is 1. The number of hydrogen-bond donors (Lipinski definition) is 1. The van der Waals surface area contributed by atoms with Crippen molar-refractivity contribution in [3.05, 3.63) is 0 Å². The predicted octanol–water partition coefficient (Wildman–Crippen LogP) is 0.215. The molecule has 1 aliphatic rings. The maximum Gasteiger partial charge on any atom is 0.237 e. The number of nitrogens with zero attached hydrogens (tertiary/aromatic N) is 1. The second-order valence-electron chi connectivity index (χ2n) is 3.35. The lowest BCUT2D eigenvalue weighted by Crippen LogP contribution is -2.41. The first-order chi connectivity index (χ1) is 5.13. The van der Waals surface area contributed by atoms with E-state index >= 15 is 0 Å². The minimum Gasteiger partial charge on any atom is -0.355 e. The van der Waals surface area contributed by atoms with Gasteiger partial charge in [0.05, 0.1) is 6.04 Å². The summed E-state index contributed by atoms with van der Waals surface area (Å²) in [6.07, 6.45) is 0.952. The van der Waals surface area contributed by atoms with Crippen molar-refractivity contribution in [3.63, 3.8) is 0 Å². The zero-order valence-corrected chi connectivity index (χ0v) is 7.42. The standard InChI is InChI=1S/C8H16N2O/c1-6(2)10(3)7-4-5-9-8(7)11/h6-7H,4-5H2,1-3H3,(H,9,11). The lowest BCUT2D eigenvalue weighted by molar-refractivity contribution is -0.123. The first-order valence-electron chi connectivity index (χ1n) is 4.12. The minimum absolute atomic E-state index is 0.106. The van der Waals surface area contributed by atoms with Crippen LogP contribution in [-0.4, -0.2) is 36.5 Å². The Morgan fingerprint density at radius 1 is 1.64 bits per heavy atom. The highest BCUT2D eigenvalue weighted by atomic mass is 16.2. The minimum atomic E-state index is 0.106. The van der Waals surface area contributed by atoms with E-state index in [0.29, 0.717) is 6.04 Å². The molecule has 0 aliphatic carbocycles. The van der Waals surface area contributed by atoms with Gasteiger partial charge in [-0.2, -0.15) is 0 Å². The van der Waals surface area contributed by atoms with E-state index in [1.165, 1.54) is 0 Å². The second kappa shape index (κ2) is 3.22. The smallest absolute Gasteiger partial charge is 0.237 e. The topological polar surface area (TPSA) is 32.3 Å². The molecule has 1 amide bonds. The Labute approximate surface area is 67.8 Å². The SMILES string of the molecule is CC(C)N(C)C1CCNC1=O. The van der Waals surface area contributed by atoms with Gasteiger partial charge < -0.3 is 5.32 Å². The molecular formula is C8H16N2O. The molecule has 1 saturated heterocycles. The fourth-order valence-corrected chi connectivity index (χ4v) is 1.33. The van der Waals surface area contributed by atoms with Crippen molar-refractivity contribution < 1.29 is 4.79 Å². The van der Waals surface area contributed by atoms with Crippen LogP contribution >= 0.6 is 0 Å². The van der Waals surface area contributed by atoms with Crippen LogP contribution < -0.4 is 5.32 Å². The summed E-state index contributed by atoms with van der Waals surface area (Å²) in [6.45, 7) is 5.04. The number of hydrogen-bond acceptors (Lipinski definition) is 2. The van der Waals surface area contributed by atoms with Gasteiger partial charge in [-0.05, 0) is 27.3 Å². The number of carbonyl (C=O) groups is 1. The van der Waals surface area contributed by atoms with Gasteiger partial charge in [-0.25, -0.2) is 0 Å². The summed E-state index contributed by atoms with van der Waals surface area (Å²) >= 11 is 0. The summed E-state index contributed by atoms with van der Waals surface area (Å²) in [5, 5.41) is 2.82. The van der Waals surface area contributed by atoms with E-state index in [2.05, 4.69) is 24.1 Å². The molecule has 11 heavy (non-hydrogen) atoms. The molecule has 1 N–H and O–H groups in total. The van der Waals surface area contributed by atoms with Crippen LogP contribution in [0.15, 0.2) is 0 Å². The molecule has 1 unspecified atom stereocenters. The van der Waals surface area contributed by atoms with E-state index in [0.717, 1.165) is 13.0 Å². The van der Waals surface area contributed by atoms with Crippen LogP contribution in [0.1, 0.15) is 20.3 Å². The van der Waals surface area contributed by atoms with Crippen LogP contribution in [0.4, 0.5) is 0 Å². The molecule has 3 heteroatoms. The summed E-state index contributed by atoms with van der Waals surface area (Å²) in [7, 11) is 2.00. The number of carbonyl (C=O) groups excluding carboxylic acids is 1. The van der Waals surface area contributed by atoms with Crippen molar-refractivity contribution in [2.45, 2.75) is 32.4 Å². The van der Waals surface area contributed by atoms with Gasteiger partial charge in [0.2, 0.25) is 5.91 Å². The van der Waals surface area contributed by atoms with E-state index in [9.17, 15) is 4.79 Å².